The number of rotatable bonds is 7. The van der Waals surface area contributed by atoms with Crippen LogP contribution >= 0.6 is 0 Å². The molecule has 1 heterocycles. The molecule has 0 radical (unpaired) electrons. The molecule has 30 heavy (non-hydrogen) atoms. The molecule has 1 aliphatic carbocycles. The topological polar surface area (TPSA) is 76.0 Å². The fraction of sp³-hybridized carbons (Fsp3) is 0.480. The number of aliphatic hydroxyl groups excluding tert-OH is 2. The molecule has 4 rings (SSSR count). The molecule has 2 N–H and O–H groups in total. The Balaban J connectivity index is 1.43. The van der Waals surface area contributed by atoms with Crippen molar-refractivity contribution in [2.45, 2.75) is 63.6 Å². The van der Waals surface area contributed by atoms with Crippen LogP contribution in [0.4, 0.5) is 0 Å². The predicted molar refractivity (Wildman–Crippen MR) is 114 cm³/mol. The number of hydrogen-bond donors (Lipinski definition) is 2. The van der Waals surface area contributed by atoms with E-state index < -0.39 is 6.29 Å². The van der Waals surface area contributed by atoms with E-state index in [9.17, 15) is 15.0 Å². The summed E-state index contributed by atoms with van der Waals surface area (Å²) in [5, 5.41) is 19.9. The standard InChI is InChI=1S/C25H30O5/c1-2-19(26)12-13-20-21-14-24(27)29-23(21)15-22(20)30-25(28)18-10-8-17(9-11-18)16-6-4-3-5-7-16/h3-11,19-24,26-27H,2,12-15H2,1H3/t19-,20+,21+,22+,23-,24?/m0/s1. The van der Waals surface area contributed by atoms with Crippen LogP contribution in [-0.4, -0.2) is 40.8 Å². The molecule has 0 aromatic heterocycles. The van der Waals surface area contributed by atoms with Crippen LogP contribution < -0.4 is 0 Å². The van der Waals surface area contributed by atoms with Gasteiger partial charge in [0.25, 0.3) is 0 Å². The molecule has 0 bridgehead atoms. The molecule has 0 amide bonds. The Morgan fingerprint density at radius 1 is 1.10 bits per heavy atom. The Kier molecular flexibility index (Phi) is 6.52. The highest BCUT2D eigenvalue weighted by atomic mass is 16.6. The quantitative estimate of drug-likeness (QED) is 0.670. The number of carbonyl (C=O) groups excluding carboxylic acids is 1. The molecule has 6 atom stereocenters. The number of ether oxygens (including phenoxy) is 2. The number of esters is 1. The highest BCUT2D eigenvalue weighted by Crippen LogP contribution is 2.46. The van der Waals surface area contributed by atoms with E-state index >= 15 is 0 Å². The third kappa shape index (κ3) is 4.59. The Hall–Kier alpha value is -2.21. The predicted octanol–water partition coefficient (Wildman–Crippen LogP) is 4.17. The minimum Gasteiger partial charge on any atom is -0.458 e. The molecule has 2 aromatic carbocycles. The van der Waals surface area contributed by atoms with E-state index in [1.165, 1.54) is 0 Å². The lowest BCUT2D eigenvalue weighted by Gasteiger charge is -2.25. The van der Waals surface area contributed by atoms with Gasteiger partial charge < -0.3 is 19.7 Å². The molecule has 5 heteroatoms. The first-order chi connectivity index (χ1) is 14.5. The summed E-state index contributed by atoms with van der Waals surface area (Å²) in [6.45, 7) is 1.96. The molecule has 1 saturated carbocycles. The van der Waals surface area contributed by atoms with Crippen molar-refractivity contribution in [1.29, 1.82) is 0 Å². The van der Waals surface area contributed by atoms with Crippen molar-refractivity contribution in [2.24, 2.45) is 11.8 Å². The zero-order valence-electron chi connectivity index (χ0n) is 17.3. The summed E-state index contributed by atoms with van der Waals surface area (Å²) in [5.41, 5.74) is 2.68. The summed E-state index contributed by atoms with van der Waals surface area (Å²) in [6, 6.07) is 17.5. The molecule has 0 spiro atoms. The third-order valence-corrected chi connectivity index (χ3v) is 6.57. The molecular formula is C25H30O5. The van der Waals surface area contributed by atoms with Crippen LogP contribution in [-0.2, 0) is 9.47 Å². The van der Waals surface area contributed by atoms with Crippen molar-refractivity contribution >= 4 is 5.97 Å². The van der Waals surface area contributed by atoms with E-state index in [2.05, 4.69) is 0 Å². The van der Waals surface area contributed by atoms with Crippen molar-refractivity contribution in [1.82, 2.24) is 0 Å². The maximum Gasteiger partial charge on any atom is 0.338 e. The number of benzene rings is 2. The SMILES string of the molecule is CC[C@H](O)CC[C@@H]1[C@H]2CC(O)O[C@H]2C[C@H]1OC(=O)c1ccc(-c2ccccc2)cc1. The lowest BCUT2D eigenvalue weighted by Crippen LogP contribution is -2.27. The van der Waals surface area contributed by atoms with Gasteiger partial charge in [0.1, 0.15) is 6.10 Å². The summed E-state index contributed by atoms with van der Waals surface area (Å²) in [4.78, 5) is 12.8. The molecule has 2 aromatic rings. The molecule has 1 unspecified atom stereocenters. The Morgan fingerprint density at radius 3 is 2.50 bits per heavy atom. The third-order valence-electron chi connectivity index (χ3n) is 6.57. The summed E-state index contributed by atoms with van der Waals surface area (Å²) in [5.74, 6) is -0.0654. The van der Waals surface area contributed by atoms with Crippen LogP contribution in [0.3, 0.4) is 0 Å². The van der Waals surface area contributed by atoms with Crippen molar-refractivity contribution in [2.75, 3.05) is 0 Å². The summed E-state index contributed by atoms with van der Waals surface area (Å²) < 4.78 is 11.5. The normalized spacial score (nSPS) is 28.8. The van der Waals surface area contributed by atoms with E-state index in [0.717, 1.165) is 17.5 Å². The Bertz CT molecular complexity index is 834. The van der Waals surface area contributed by atoms with Crippen LogP contribution in [0.25, 0.3) is 11.1 Å². The first-order valence-electron chi connectivity index (χ1n) is 10.9. The maximum atomic E-state index is 12.8. The number of carbonyl (C=O) groups is 1. The van der Waals surface area contributed by atoms with Gasteiger partial charge in [-0.3, -0.25) is 0 Å². The zero-order chi connectivity index (χ0) is 21.1. The number of hydrogen-bond acceptors (Lipinski definition) is 5. The van der Waals surface area contributed by atoms with Gasteiger partial charge in [0, 0.05) is 18.8 Å². The average Bonchev–Trinajstić information content (AvgIpc) is 3.28. The summed E-state index contributed by atoms with van der Waals surface area (Å²) in [6.07, 6.45) is 1.88. The maximum absolute atomic E-state index is 12.8. The fourth-order valence-corrected chi connectivity index (χ4v) is 4.86. The summed E-state index contributed by atoms with van der Waals surface area (Å²) in [7, 11) is 0. The average molecular weight is 411 g/mol. The number of fused-ring (bicyclic) bond motifs is 1. The fourth-order valence-electron chi connectivity index (χ4n) is 4.86. The van der Waals surface area contributed by atoms with Crippen molar-refractivity contribution in [3.63, 3.8) is 0 Å². The van der Waals surface area contributed by atoms with Crippen LogP contribution in [0.1, 0.15) is 49.4 Å². The second-order valence-corrected chi connectivity index (χ2v) is 8.45. The minimum atomic E-state index is -0.735. The van der Waals surface area contributed by atoms with E-state index in [1.54, 1.807) is 12.1 Å². The van der Waals surface area contributed by atoms with E-state index in [1.807, 2.05) is 49.4 Å². The van der Waals surface area contributed by atoms with Gasteiger partial charge in [0.2, 0.25) is 0 Å². The second-order valence-electron chi connectivity index (χ2n) is 8.45. The van der Waals surface area contributed by atoms with Crippen LogP contribution in [0.2, 0.25) is 0 Å². The van der Waals surface area contributed by atoms with Crippen molar-refractivity contribution in [3.05, 3.63) is 60.2 Å². The first kappa shape index (κ1) is 21.0. The van der Waals surface area contributed by atoms with E-state index in [-0.39, 0.29) is 36.1 Å². The number of aliphatic hydroxyl groups is 2. The van der Waals surface area contributed by atoms with Gasteiger partial charge in [-0.05, 0) is 48.4 Å². The molecule has 2 aliphatic rings. The molecule has 2 fully saturated rings. The monoisotopic (exact) mass is 410 g/mol. The minimum absolute atomic E-state index is 0.0815. The lowest BCUT2D eigenvalue weighted by atomic mass is 9.87. The second kappa shape index (κ2) is 9.29. The van der Waals surface area contributed by atoms with Crippen LogP contribution in [0.5, 0.6) is 0 Å². The van der Waals surface area contributed by atoms with Gasteiger partial charge in [0.05, 0.1) is 17.8 Å². The van der Waals surface area contributed by atoms with Gasteiger partial charge in [-0.25, -0.2) is 4.79 Å². The Morgan fingerprint density at radius 2 is 1.80 bits per heavy atom. The van der Waals surface area contributed by atoms with Gasteiger partial charge in [-0.1, -0.05) is 49.4 Å². The van der Waals surface area contributed by atoms with Gasteiger partial charge >= 0.3 is 5.97 Å². The molecular weight excluding hydrogens is 380 g/mol. The smallest absolute Gasteiger partial charge is 0.338 e. The lowest BCUT2D eigenvalue weighted by molar-refractivity contribution is -0.0958. The van der Waals surface area contributed by atoms with Gasteiger partial charge in [-0.2, -0.15) is 0 Å². The first-order valence-corrected chi connectivity index (χ1v) is 10.9. The highest BCUT2D eigenvalue weighted by Gasteiger charge is 2.50. The van der Waals surface area contributed by atoms with E-state index in [4.69, 9.17) is 9.47 Å². The van der Waals surface area contributed by atoms with Gasteiger partial charge in [-0.15, -0.1) is 0 Å². The van der Waals surface area contributed by atoms with Crippen LogP contribution in [0.15, 0.2) is 54.6 Å². The molecule has 1 saturated heterocycles. The molecule has 1 aliphatic heterocycles. The highest BCUT2D eigenvalue weighted by molar-refractivity contribution is 5.90. The zero-order valence-corrected chi connectivity index (χ0v) is 17.3. The van der Waals surface area contributed by atoms with Crippen molar-refractivity contribution < 1.29 is 24.5 Å². The van der Waals surface area contributed by atoms with Crippen molar-refractivity contribution in [3.8, 4) is 11.1 Å². The largest absolute Gasteiger partial charge is 0.458 e. The Labute approximate surface area is 177 Å². The van der Waals surface area contributed by atoms with Crippen LogP contribution in [0, 0.1) is 11.8 Å². The molecule has 160 valence electrons. The molecule has 5 nitrogen and oxygen atoms in total. The van der Waals surface area contributed by atoms with E-state index in [0.29, 0.717) is 31.2 Å². The summed E-state index contributed by atoms with van der Waals surface area (Å²) >= 11 is 0. The van der Waals surface area contributed by atoms with Gasteiger partial charge in [0.15, 0.2) is 6.29 Å².